The Balaban J connectivity index is 1.06. The first kappa shape index (κ1) is 33.9. The monoisotopic (exact) mass is 767 g/mol. The van der Waals surface area contributed by atoms with Crippen LogP contribution in [-0.2, 0) is 0 Å². The van der Waals surface area contributed by atoms with Gasteiger partial charge in [0, 0.05) is 39.2 Å². The Morgan fingerprint density at radius 2 is 0.850 bits per heavy atom. The minimum absolute atomic E-state index is 0.878. The van der Waals surface area contributed by atoms with Gasteiger partial charge in [0.1, 0.15) is 0 Å². The van der Waals surface area contributed by atoms with Crippen LogP contribution in [0.1, 0.15) is 0 Å². The molecule has 0 unspecified atom stereocenters. The topological polar surface area (TPSA) is 30.4 Å². The molecular formula is C55H37N5. The van der Waals surface area contributed by atoms with E-state index in [1.54, 1.807) is 0 Å². The molecule has 0 aliphatic rings. The standard InChI is InChI=1S/C55H37N5/c1-3-14-38(15-4-1)40-26-30-42(31-27-40)57(44-18-13-19-45(36-44)58-50-23-10-7-20-47(50)48-21-8-11-24-51(48)58)46-34-35-53-54(37-46)60-52-25-12-9-22-49(52)56-55(60)59(53)43-32-28-41(29-33-43)39-16-5-2-6-17-39/h1-37H. The molecule has 0 radical (unpaired) electrons. The summed E-state index contributed by atoms with van der Waals surface area (Å²) in [5, 5.41) is 2.49. The second-order valence-electron chi connectivity index (χ2n) is 15.3. The van der Waals surface area contributed by atoms with Crippen molar-refractivity contribution in [1.29, 1.82) is 0 Å². The van der Waals surface area contributed by atoms with Gasteiger partial charge in [-0.15, -0.1) is 0 Å². The molecular weight excluding hydrogens is 731 g/mol. The lowest BCUT2D eigenvalue weighted by molar-refractivity contribution is 1.11. The van der Waals surface area contributed by atoms with Gasteiger partial charge in [-0.1, -0.05) is 140 Å². The largest absolute Gasteiger partial charge is 0.310 e. The molecule has 9 aromatic carbocycles. The molecule has 0 spiro atoms. The Hall–Kier alpha value is -8.15. The highest BCUT2D eigenvalue weighted by molar-refractivity contribution is 6.09. The van der Waals surface area contributed by atoms with Gasteiger partial charge in [-0.25, -0.2) is 4.98 Å². The van der Waals surface area contributed by atoms with E-state index in [2.05, 4.69) is 243 Å². The third-order valence-corrected chi connectivity index (χ3v) is 11.8. The third kappa shape index (κ3) is 5.44. The number of hydrogen-bond acceptors (Lipinski definition) is 2. The molecule has 3 heterocycles. The fourth-order valence-corrected chi connectivity index (χ4v) is 9.07. The van der Waals surface area contributed by atoms with Crippen molar-refractivity contribution in [2.75, 3.05) is 4.90 Å². The van der Waals surface area contributed by atoms with E-state index in [4.69, 9.17) is 4.98 Å². The molecule has 0 fully saturated rings. The van der Waals surface area contributed by atoms with Crippen molar-refractivity contribution < 1.29 is 0 Å². The summed E-state index contributed by atoms with van der Waals surface area (Å²) in [7, 11) is 0. The van der Waals surface area contributed by atoms with Crippen LogP contribution in [0, 0.1) is 0 Å². The molecule has 0 aliphatic heterocycles. The first-order valence-corrected chi connectivity index (χ1v) is 20.4. The molecule has 5 heteroatoms. The van der Waals surface area contributed by atoms with Gasteiger partial charge in [0.15, 0.2) is 0 Å². The first-order valence-electron chi connectivity index (χ1n) is 20.4. The average Bonchev–Trinajstić information content (AvgIpc) is 3.97. The lowest BCUT2D eigenvalue weighted by atomic mass is 10.0. The second-order valence-corrected chi connectivity index (χ2v) is 15.3. The normalized spacial score (nSPS) is 11.7. The number of anilines is 3. The molecule has 3 aromatic heterocycles. The molecule has 60 heavy (non-hydrogen) atoms. The van der Waals surface area contributed by atoms with Crippen LogP contribution in [0.2, 0.25) is 0 Å². The quantitative estimate of drug-likeness (QED) is 0.162. The van der Waals surface area contributed by atoms with Crippen molar-refractivity contribution >= 4 is 66.7 Å². The second kappa shape index (κ2) is 13.8. The molecule has 12 rings (SSSR count). The molecule has 0 saturated heterocycles. The van der Waals surface area contributed by atoms with E-state index in [0.717, 1.165) is 56.3 Å². The van der Waals surface area contributed by atoms with Crippen molar-refractivity contribution in [3.63, 3.8) is 0 Å². The Morgan fingerprint density at radius 1 is 0.317 bits per heavy atom. The highest BCUT2D eigenvalue weighted by atomic mass is 15.2. The number of aromatic nitrogens is 4. The van der Waals surface area contributed by atoms with Crippen molar-refractivity contribution in [1.82, 2.24) is 18.5 Å². The number of imidazole rings is 2. The molecule has 0 saturated carbocycles. The third-order valence-electron chi connectivity index (χ3n) is 11.8. The van der Waals surface area contributed by atoms with Gasteiger partial charge in [-0.2, -0.15) is 0 Å². The van der Waals surface area contributed by atoms with E-state index in [1.165, 1.54) is 44.1 Å². The molecule has 282 valence electrons. The maximum Gasteiger partial charge on any atom is 0.220 e. The van der Waals surface area contributed by atoms with Crippen LogP contribution in [-0.4, -0.2) is 18.5 Å². The van der Waals surface area contributed by atoms with Gasteiger partial charge in [-0.3, -0.25) is 8.97 Å². The summed E-state index contributed by atoms with van der Waals surface area (Å²) >= 11 is 0. The number of hydrogen-bond donors (Lipinski definition) is 0. The zero-order valence-electron chi connectivity index (χ0n) is 32.6. The zero-order chi connectivity index (χ0) is 39.6. The van der Waals surface area contributed by atoms with Crippen molar-refractivity contribution in [3.8, 4) is 33.6 Å². The van der Waals surface area contributed by atoms with Crippen LogP contribution in [0.3, 0.4) is 0 Å². The van der Waals surface area contributed by atoms with Crippen molar-refractivity contribution in [2.24, 2.45) is 0 Å². The molecule has 12 aromatic rings. The van der Waals surface area contributed by atoms with Gasteiger partial charge < -0.3 is 9.47 Å². The summed E-state index contributed by atoms with van der Waals surface area (Å²) < 4.78 is 6.98. The first-order chi connectivity index (χ1) is 29.8. The number of para-hydroxylation sites is 4. The predicted octanol–water partition coefficient (Wildman–Crippen LogP) is 14.3. The highest BCUT2D eigenvalue weighted by Gasteiger charge is 2.21. The van der Waals surface area contributed by atoms with Crippen LogP contribution in [0.4, 0.5) is 17.1 Å². The van der Waals surface area contributed by atoms with Crippen LogP contribution in [0.25, 0.3) is 83.3 Å². The van der Waals surface area contributed by atoms with Gasteiger partial charge in [0.25, 0.3) is 0 Å². The summed E-state index contributed by atoms with van der Waals surface area (Å²) in [4.78, 5) is 7.62. The van der Waals surface area contributed by atoms with Crippen molar-refractivity contribution in [2.45, 2.75) is 0 Å². The van der Waals surface area contributed by atoms with Gasteiger partial charge in [-0.05, 0) is 107 Å². The fourth-order valence-electron chi connectivity index (χ4n) is 9.07. The Morgan fingerprint density at radius 3 is 1.52 bits per heavy atom. The summed E-state index contributed by atoms with van der Waals surface area (Å²) in [5.74, 6) is 0.878. The highest BCUT2D eigenvalue weighted by Crippen LogP contribution is 2.41. The summed E-state index contributed by atoms with van der Waals surface area (Å²) in [5.41, 5.74) is 16.6. The van der Waals surface area contributed by atoms with Gasteiger partial charge in [0.2, 0.25) is 5.78 Å². The summed E-state index contributed by atoms with van der Waals surface area (Å²) in [6.45, 7) is 0. The van der Waals surface area contributed by atoms with E-state index < -0.39 is 0 Å². The molecule has 0 amide bonds. The molecule has 0 bridgehead atoms. The predicted molar refractivity (Wildman–Crippen MR) is 249 cm³/mol. The van der Waals surface area contributed by atoms with E-state index >= 15 is 0 Å². The van der Waals surface area contributed by atoms with E-state index in [9.17, 15) is 0 Å². The molecule has 5 nitrogen and oxygen atoms in total. The summed E-state index contributed by atoms with van der Waals surface area (Å²) in [6, 6.07) is 80.4. The minimum Gasteiger partial charge on any atom is -0.310 e. The van der Waals surface area contributed by atoms with Crippen molar-refractivity contribution in [3.05, 3.63) is 224 Å². The van der Waals surface area contributed by atoms with Crippen LogP contribution >= 0.6 is 0 Å². The van der Waals surface area contributed by atoms with Crippen LogP contribution < -0.4 is 4.90 Å². The van der Waals surface area contributed by atoms with Crippen LogP contribution in [0.5, 0.6) is 0 Å². The van der Waals surface area contributed by atoms with Gasteiger partial charge in [0.05, 0.1) is 33.1 Å². The van der Waals surface area contributed by atoms with Crippen LogP contribution in [0.15, 0.2) is 224 Å². The number of nitrogens with zero attached hydrogens (tertiary/aromatic N) is 5. The van der Waals surface area contributed by atoms with E-state index in [0.29, 0.717) is 0 Å². The molecule has 0 N–H and O–H groups in total. The Labute approximate surface area is 346 Å². The van der Waals surface area contributed by atoms with Gasteiger partial charge >= 0.3 is 0 Å². The number of benzene rings is 9. The lowest BCUT2D eigenvalue weighted by Crippen LogP contribution is -2.10. The molecule has 0 atom stereocenters. The fraction of sp³-hybridized carbons (Fsp3) is 0. The van der Waals surface area contributed by atoms with E-state index in [1.807, 2.05) is 0 Å². The Kier molecular flexibility index (Phi) is 7.78. The maximum atomic E-state index is 5.24. The van der Waals surface area contributed by atoms with E-state index in [-0.39, 0.29) is 0 Å². The minimum atomic E-state index is 0.878. The molecule has 0 aliphatic carbocycles. The maximum absolute atomic E-state index is 5.24. The number of rotatable bonds is 7. The Bertz CT molecular complexity index is 3470. The number of fused-ring (bicyclic) bond motifs is 8. The SMILES string of the molecule is c1ccc(-c2ccc(N(c3cccc(-n4c5ccccc5c5ccccc54)c3)c3ccc4c(c3)n3c5ccccc5nc3n4-c3ccc(-c4ccccc4)cc3)cc2)cc1. The lowest BCUT2D eigenvalue weighted by Gasteiger charge is -2.26. The summed E-state index contributed by atoms with van der Waals surface area (Å²) in [6.07, 6.45) is 0. The average molecular weight is 768 g/mol. The smallest absolute Gasteiger partial charge is 0.220 e. The zero-order valence-corrected chi connectivity index (χ0v) is 32.6.